The lowest BCUT2D eigenvalue weighted by molar-refractivity contribution is 0.0527. The van der Waals surface area contributed by atoms with Crippen LogP contribution in [0.2, 0.25) is 0 Å². The second-order valence-corrected chi connectivity index (χ2v) is 4.48. The Balaban J connectivity index is 2.15. The monoisotopic (exact) mass is 250 g/mol. The Kier molecular flexibility index (Phi) is 2.92. The topological polar surface area (TPSA) is 26.3 Å². The Morgan fingerprint density at radius 1 is 0.947 bits per heavy atom. The zero-order valence-corrected chi connectivity index (χ0v) is 10.7. The lowest BCUT2D eigenvalue weighted by atomic mass is 10.1. The van der Waals surface area contributed by atoms with Crippen LogP contribution >= 0.6 is 0 Å². The van der Waals surface area contributed by atoms with Crippen LogP contribution in [0.3, 0.4) is 0 Å². The van der Waals surface area contributed by atoms with Crippen molar-refractivity contribution in [2.75, 3.05) is 6.61 Å². The van der Waals surface area contributed by atoms with Gasteiger partial charge in [-0.3, -0.25) is 0 Å². The lowest BCUT2D eigenvalue weighted by Gasteiger charge is -1.96. The van der Waals surface area contributed by atoms with Crippen LogP contribution in [-0.2, 0) is 4.74 Å². The van der Waals surface area contributed by atoms with E-state index in [4.69, 9.17) is 4.74 Å². The number of carbonyl (C=O) groups excluding carboxylic acids is 1. The number of carbonyl (C=O) groups is 1. The molecule has 0 aliphatic heterocycles. The van der Waals surface area contributed by atoms with E-state index in [1.165, 1.54) is 10.8 Å². The fraction of sp³-hybridized carbons (Fsp3) is 0.118. The van der Waals surface area contributed by atoms with Crippen LogP contribution < -0.4 is 0 Å². The molecule has 0 saturated carbocycles. The molecule has 0 heterocycles. The minimum Gasteiger partial charge on any atom is -0.462 e. The van der Waals surface area contributed by atoms with E-state index in [-0.39, 0.29) is 5.97 Å². The summed E-state index contributed by atoms with van der Waals surface area (Å²) >= 11 is 0. The van der Waals surface area contributed by atoms with Gasteiger partial charge in [-0.2, -0.15) is 0 Å². The molecule has 3 rings (SSSR count). The molecule has 0 amide bonds. The first kappa shape index (κ1) is 11.7. The van der Waals surface area contributed by atoms with E-state index >= 15 is 0 Å². The molecule has 94 valence electrons. The molecule has 0 bridgehead atoms. The van der Waals surface area contributed by atoms with E-state index in [1.807, 2.05) is 37.3 Å². The number of benzene rings is 1. The number of hydrogen-bond donors (Lipinski definition) is 0. The van der Waals surface area contributed by atoms with Crippen LogP contribution in [0.1, 0.15) is 17.3 Å². The number of rotatable bonds is 2. The van der Waals surface area contributed by atoms with Crippen LogP contribution in [0.4, 0.5) is 0 Å². The summed E-state index contributed by atoms with van der Waals surface area (Å²) in [4.78, 5) is 11.7. The van der Waals surface area contributed by atoms with Gasteiger partial charge < -0.3 is 4.74 Å². The third-order valence-corrected chi connectivity index (χ3v) is 3.22. The summed E-state index contributed by atoms with van der Waals surface area (Å²) in [6.07, 6.45) is 0. The molecule has 0 spiro atoms. The van der Waals surface area contributed by atoms with Crippen molar-refractivity contribution in [1.82, 2.24) is 0 Å². The zero-order valence-electron chi connectivity index (χ0n) is 10.7. The summed E-state index contributed by atoms with van der Waals surface area (Å²) in [5, 5.41) is 2.36. The molecule has 0 atom stereocenters. The summed E-state index contributed by atoms with van der Waals surface area (Å²) in [7, 11) is 0. The average Bonchev–Trinajstić information content (AvgIpc) is 2.73. The molecule has 0 N–H and O–H groups in total. The third kappa shape index (κ3) is 2.17. The molecule has 1 aromatic rings. The van der Waals surface area contributed by atoms with Gasteiger partial charge in [-0.1, -0.05) is 36.4 Å². The second-order valence-electron chi connectivity index (χ2n) is 4.48. The van der Waals surface area contributed by atoms with Gasteiger partial charge >= 0.3 is 5.97 Å². The molecule has 2 nitrogen and oxygen atoms in total. The minimum atomic E-state index is -0.259. The molecule has 0 fully saturated rings. The van der Waals surface area contributed by atoms with Gasteiger partial charge in [0.25, 0.3) is 0 Å². The first-order chi connectivity index (χ1) is 9.28. The van der Waals surface area contributed by atoms with Gasteiger partial charge in [-0.05, 0) is 47.0 Å². The number of fused-ring (bicyclic) bond motifs is 2. The smallest absolute Gasteiger partial charge is 0.338 e. The molecule has 0 aromatic heterocycles. The van der Waals surface area contributed by atoms with E-state index in [2.05, 4.69) is 24.3 Å². The lowest BCUT2D eigenvalue weighted by Crippen LogP contribution is -2.02. The Morgan fingerprint density at radius 2 is 1.68 bits per heavy atom. The summed E-state index contributed by atoms with van der Waals surface area (Å²) in [6, 6.07) is 18.2. The molecular weight excluding hydrogens is 236 g/mol. The predicted molar refractivity (Wildman–Crippen MR) is 76.5 cm³/mol. The Labute approximate surface area is 112 Å². The largest absolute Gasteiger partial charge is 0.462 e. The summed E-state index contributed by atoms with van der Waals surface area (Å²) in [5.74, 6) is -0.259. The number of esters is 1. The van der Waals surface area contributed by atoms with E-state index < -0.39 is 0 Å². The Hall–Kier alpha value is -2.35. The van der Waals surface area contributed by atoms with Crippen molar-refractivity contribution >= 4 is 16.7 Å². The predicted octanol–water partition coefficient (Wildman–Crippen LogP) is 4.12. The van der Waals surface area contributed by atoms with Crippen molar-refractivity contribution in [2.45, 2.75) is 6.92 Å². The third-order valence-electron chi connectivity index (χ3n) is 3.22. The van der Waals surface area contributed by atoms with Crippen molar-refractivity contribution in [2.24, 2.45) is 0 Å². The van der Waals surface area contributed by atoms with Gasteiger partial charge in [0.1, 0.15) is 0 Å². The van der Waals surface area contributed by atoms with Gasteiger partial charge in [-0.15, -0.1) is 0 Å². The molecular formula is C17H14O2. The molecule has 1 aromatic carbocycles. The van der Waals surface area contributed by atoms with Gasteiger partial charge in [0, 0.05) is 0 Å². The van der Waals surface area contributed by atoms with Crippen LogP contribution in [0.25, 0.3) is 21.9 Å². The molecule has 19 heavy (non-hydrogen) atoms. The molecule has 0 unspecified atom stereocenters. The number of ether oxygens (including phenoxy) is 1. The van der Waals surface area contributed by atoms with E-state index in [1.54, 1.807) is 0 Å². The first-order valence-corrected chi connectivity index (χ1v) is 6.37. The summed E-state index contributed by atoms with van der Waals surface area (Å²) < 4.78 is 5.03. The highest BCUT2D eigenvalue weighted by Crippen LogP contribution is 2.28. The first-order valence-electron chi connectivity index (χ1n) is 6.37. The SMILES string of the molecule is CCOC(=O)c1cc2ccc3ccccc3cc-2c1. The summed E-state index contributed by atoms with van der Waals surface area (Å²) in [6.45, 7) is 2.21. The van der Waals surface area contributed by atoms with Gasteiger partial charge in [0.15, 0.2) is 0 Å². The van der Waals surface area contributed by atoms with Crippen molar-refractivity contribution in [3.05, 3.63) is 60.2 Å². The highest BCUT2D eigenvalue weighted by molar-refractivity contribution is 5.96. The van der Waals surface area contributed by atoms with Crippen LogP contribution in [-0.4, -0.2) is 12.6 Å². The van der Waals surface area contributed by atoms with E-state index in [0.717, 1.165) is 11.1 Å². The minimum absolute atomic E-state index is 0.259. The average molecular weight is 250 g/mol. The van der Waals surface area contributed by atoms with Crippen LogP contribution in [0, 0.1) is 0 Å². The zero-order chi connectivity index (χ0) is 13.2. The van der Waals surface area contributed by atoms with Crippen LogP contribution in [0.5, 0.6) is 0 Å². The second kappa shape index (κ2) is 4.73. The highest BCUT2D eigenvalue weighted by atomic mass is 16.5. The Bertz CT molecular complexity index is 716. The molecule has 0 radical (unpaired) electrons. The number of hydrogen-bond acceptors (Lipinski definition) is 2. The maximum Gasteiger partial charge on any atom is 0.338 e. The standard InChI is InChI=1S/C17H14O2/c1-2-19-17(18)16-10-14-8-7-12-5-3-4-6-13(12)9-15(14)11-16/h3-11H,2H2,1H3. The van der Waals surface area contributed by atoms with E-state index in [0.29, 0.717) is 12.2 Å². The van der Waals surface area contributed by atoms with Crippen molar-refractivity contribution < 1.29 is 9.53 Å². The normalized spacial score (nSPS) is 10.8. The van der Waals surface area contributed by atoms with E-state index in [9.17, 15) is 4.79 Å². The molecule has 2 heteroatoms. The Morgan fingerprint density at radius 3 is 2.47 bits per heavy atom. The highest BCUT2D eigenvalue weighted by Gasteiger charge is 2.12. The maximum atomic E-state index is 11.7. The molecule has 0 saturated heterocycles. The maximum absolute atomic E-state index is 11.7. The van der Waals surface area contributed by atoms with Crippen molar-refractivity contribution in [3.63, 3.8) is 0 Å². The fourth-order valence-corrected chi connectivity index (χ4v) is 2.29. The molecule has 2 aliphatic rings. The van der Waals surface area contributed by atoms with Crippen molar-refractivity contribution in [3.8, 4) is 11.1 Å². The quantitative estimate of drug-likeness (QED) is 0.639. The fourth-order valence-electron chi connectivity index (χ4n) is 2.29. The van der Waals surface area contributed by atoms with Gasteiger partial charge in [0.2, 0.25) is 0 Å². The molecule has 2 aliphatic carbocycles. The van der Waals surface area contributed by atoms with Crippen LogP contribution in [0.15, 0.2) is 54.6 Å². The van der Waals surface area contributed by atoms with Gasteiger partial charge in [0.05, 0.1) is 12.2 Å². The summed E-state index contributed by atoms with van der Waals surface area (Å²) in [5.41, 5.74) is 2.73. The van der Waals surface area contributed by atoms with Gasteiger partial charge in [-0.25, -0.2) is 4.79 Å². The van der Waals surface area contributed by atoms with Crippen molar-refractivity contribution in [1.29, 1.82) is 0 Å².